The van der Waals surface area contributed by atoms with Crippen molar-refractivity contribution >= 4 is 57.8 Å². The van der Waals surface area contributed by atoms with E-state index in [1.807, 2.05) is 4.90 Å². The second kappa shape index (κ2) is 9.54. The number of aromatic nitrogens is 2. The number of nitrogens with zero attached hydrogens (tertiary/aromatic N) is 5. The zero-order valence-electron chi connectivity index (χ0n) is 18.9. The molecule has 5 N–H and O–H groups in total. The van der Waals surface area contributed by atoms with E-state index in [4.69, 9.17) is 5.73 Å². The maximum absolute atomic E-state index is 13.0. The lowest BCUT2D eigenvalue weighted by Gasteiger charge is -2.49. The molecule has 15 heteroatoms. The van der Waals surface area contributed by atoms with Gasteiger partial charge in [-0.25, -0.2) is 4.79 Å². The molecular weight excluding hydrogens is 510 g/mol. The van der Waals surface area contributed by atoms with Gasteiger partial charge < -0.3 is 26.3 Å². The molecule has 2 atom stereocenters. The summed E-state index contributed by atoms with van der Waals surface area (Å²) >= 11 is 2.08. The lowest BCUT2D eigenvalue weighted by Crippen LogP contribution is -2.71. The van der Waals surface area contributed by atoms with E-state index in [2.05, 4.69) is 19.8 Å². The van der Waals surface area contributed by atoms with Crippen LogP contribution in [0.15, 0.2) is 28.1 Å². The highest BCUT2D eigenvalue weighted by Gasteiger charge is 2.54. The van der Waals surface area contributed by atoms with Crippen LogP contribution in [-0.2, 0) is 19.2 Å². The Kier molecular flexibility index (Phi) is 6.42. The minimum absolute atomic E-state index is 0.0673. The maximum Gasteiger partial charge on any atom is 0.352 e. The number of oxime groups is 1. The second-order valence-electron chi connectivity index (χ2n) is 8.80. The summed E-state index contributed by atoms with van der Waals surface area (Å²) in [7, 11) is 0. The number of allylic oxidation sites excluding steroid dienone is 1. The molecule has 36 heavy (non-hydrogen) atoms. The molecule has 2 saturated heterocycles. The van der Waals surface area contributed by atoms with Gasteiger partial charge in [0.1, 0.15) is 17.1 Å². The minimum atomic E-state index is -1.29. The van der Waals surface area contributed by atoms with Crippen molar-refractivity contribution in [2.75, 3.05) is 18.0 Å². The molecule has 0 spiro atoms. The van der Waals surface area contributed by atoms with Gasteiger partial charge in [0.15, 0.2) is 5.13 Å². The van der Waals surface area contributed by atoms with Crippen molar-refractivity contribution in [1.82, 2.24) is 24.5 Å². The third-order valence-corrected chi connectivity index (χ3v) is 8.57. The van der Waals surface area contributed by atoms with E-state index < -0.39 is 34.9 Å². The lowest BCUT2D eigenvalue weighted by molar-refractivity contribution is -0.150. The molecule has 3 amide bonds. The fourth-order valence-corrected chi connectivity index (χ4v) is 6.77. The summed E-state index contributed by atoms with van der Waals surface area (Å²) in [6.45, 7) is 0.617. The average Bonchev–Trinajstić information content (AvgIpc) is 3.60. The van der Waals surface area contributed by atoms with E-state index in [0.29, 0.717) is 24.1 Å². The van der Waals surface area contributed by atoms with Gasteiger partial charge in [0.25, 0.3) is 11.8 Å². The molecular formula is C21H23N7O6S2. The van der Waals surface area contributed by atoms with Gasteiger partial charge in [0.2, 0.25) is 17.4 Å². The van der Waals surface area contributed by atoms with Crippen LogP contribution in [0.5, 0.6) is 0 Å². The first-order valence-corrected chi connectivity index (χ1v) is 13.2. The molecule has 5 rings (SSSR count). The van der Waals surface area contributed by atoms with E-state index in [1.165, 1.54) is 11.8 Å². The van der Waals surface area contributed by atoms with Gasteiger partial charge in [0.05, 0.1) is 0 Å². The van der Waals surface area contributed by atoms with E-state index in [0.717, 1.165) is 42.1 Å². The van der Waals surface area contributed by atoms with Crippen LogP contribution in [0.25, 0.3) is 0 Å². The number of carbonyl (C=O) groups excluding carboxylic acids is 3. The lowest BCUT2D eigenvalue weighted by atomic mass is 10.0. The van der Waals surface area contributed by atoms with E-state index in [-0.39, 0.29) is 34.4 Å². The third-order valence-electron chi connectivity index (χ3n) is 6.73. The molecule has 190 valence electrons. The normalized spacial score (nSPS) is 26.0. The quantitative estimate of drug-likeness (QED) is 0.129. The number of β-lactam (4-membered cyclic amide) rings is 1. The fourth-order valence-electron chi connectivity index (χ4n) is 5.03. The highest BCUT2D eigenvalue weighted by atomic mass is 32.2. The van der Waals surface area contributed by atoms with Crippen LogP contribution >= 0.6 is 23.3 Å². The number of amides is 3. The topological polar surface area (TPSA) is 191 Å². The summed E-state index contributed by atoms with van der Waals surface area (Å²) in [4.78, 5) is 57.4. The summed E-state index contributed by atoms with van der Waals surface area (Å²) in [5, 5.41) is 23.9. The Bertz CT molecular complexity index is 1230. The summed E-state index contributed by atoms with van der Waals surface area (Å²) in [6, 6.07) is -0.796. The molecule has 4 heterocycles. The van der Waals surface area contributed by atoms with Gasteiger partial charge in [-0.3, -0.25) is 19.3 Å². The summed E-state index contributed by atoms with van der Waals surface area (Å²) in [5.74, 6) is -2.83. The Hall–Kier alpha value is -3.46. The Labute approximate surface area is 213 Å². The molecule has 1 aromatic rings. The van der Waals surface area contributed by atoms with Gasteiger partial charge in [-0.15, -0.1) is 11.8 Å². The second-order valence-corrected chi connectivity index (χ2v) is 10.7. The molecule has 1 aromatic heterocycles. The summed E-state index contributed by atoms with van der Waals surface area (Å²) in [5.41, 5.74) is 5.73. The number of likely N-dealkylation sites (tertiary alicyclic amines) is 1. The molecule has 0 bridgehead atoms. The number of thioether (sulfide) groups is 1. The Morgan fingerprint density at radius 1 is 1.25 bits per heavy atom. The summed E-state index contributed by atoms with van der Waals surface area (Å²) in [6.07, 6.45) is 6.33. The van der Waals surface area contributed by atoms with Crippen LogP contribution in [0.1, 0.15) is 37.9 Å². The number of fused-ring (bicyclic) bond motifs is 1. The number of nitrogens with one attached hydrogen (secondary N) is 1. The number of carbonyl (C=O) groups is 4. The Morgan fingerprint density at radius 3 is 2.64 bits per heavy atom. The fraction of sp³-hybridized carbons (Fsp3) is 0.476. The van der Waals surface area contributed by atoms with Crippen molar-refractivity contribution in [2.24, 2.45) is 5.16 Å². The number of carboxylic acids is 1. The number of nitrogen functional groups attached to an aromatic ring is 1. The van der Waals surface area contributed by atoms with Crippen LogP contribution in [0.4, 0.5) is 5.13 Å². The van der Waals surface area contributed by atoms with E-state index in [1.54, 1.807) is 6.08 Å². The SMILES string of the molecule is Nc1nc(/C(=N\O)C(=O)N[C@@H]2C(=O)N3C(C(=O)O)=C(/C=C4\CCN(C5CCCC5)C4=O)CS[C@H]23)ns1. The number of anilines is 1. The highest BCUT2D eigenvalue weighted by Crippen LogP contribution is 2.41. The first-order valence-electron chi connectivity index (χ1n) is 11.3. The first-order chi connectivity index (χ1) is 17.3. The van der Waals surface area contributed by atoms with Crippen LogP contribution < -0.4 is 11.1 Å². The smallest absolute Gasteiger partial charge is 0.352 e. The first kappa shape index (κ1) is 24.2. The van der Waals surface area contributed by atoms with Crippen LogP contribution in [0.3, 0.4) is 0 Å². The van der Waals surface area contributed by atoms with Gasteiger partial charge in [-0.2, -0.15) is 9.36 Å². The van der Waals surface area contributed by atoms with Gasteiger partial charge in [0, 0.05) is 35.4 Å². The van der Waals surface area contributed by atoms with Gasteiger partial charge in [-0.1, -0.05) is 18.0 Å². The molecule has 3 fully saturated rings. The van der Waals surface area contributed by atoms with Crippen molar-refractivity contribution in [3.63, 3.8) is 0 Å². The Morgan fingerprint density at radius 2 is 2.00 bits per heavy atom. The standard InChI is InChI=1S/C21H23N7O6S2/c22-21-24-15(26-36-21)12(25-34)16(29)23-13-18(31)28-14(20(32)33)10(8-35-19(13)28)7-9-5-6-27(17(9)30)11-3-1-2-4-11/h7,11,13,19,34H,1-6,8H2,(H,23,29)(H,32,33)(H2,22,24,26)/b9-7+,25-12+/t13-,19-/m1/s1. The van der Waals surface area contributed by atoms with Crippen molar-refractivity contribution in [1.29, 1.82) is 0 Å². The number of hydrogen-bond donors (Lipinski definition) is 4. The van der Waals surface area contributed by atoms with Crippen molar-refractivity contribution < 1.29 is 29.5 Å². The zero-order valence-corrected chi connectivity index (χ0v) is 20.5. The molecule has 0 radical (unpaired) electrons. The van der Waals surface area contributed by atoms with Gasteiger partial charge >= 0.3 is 5.97 Å². The molecule has 3 aliphatic heterocycles. The largest absolute Gasteiger partial charge is 0.477 e. The predicted molar refractivity (Wildman–Crippen MR) is 129 cm³/mol. The monoisotopic (exact) mass is 533 g/mol. The maximum atomic E-state index is 13.0. The third kappa shape index (κ3) is 4.11. The van der Waals surface area contributed by atoms with Crippen LogP contribution in [0.2, 0.25) is 0 Å². The number of nitrogens with two attached hydrogens (primary N) is 1. The molecule has 1 aliphatic carbocycles. The van der Waals surface area contributed by atoms with Gasteiger partial charge in [-0.05, 0) is 30.9 Å². The Balaban J connectivity index is 1.33. The van der Waals surface area contributed by atoms with Crippen LogP contribution in [0, 0.1) is 0 Å². The van der Waals surface area contributed by atoms with Crippen molar-refractivity contribution in [3.8, 4) is 0 Å². The molecule has 0 aromatic carbocycles. The predicted octanol–water partition coefficient (Wildman–Crippen LogP) is 0.139. The number of hydrogen-bond acceptors (Lipinski definition) is 11. The minimum Gasteiger partial charge on any atom is -0.477 e. The number of carboxylic acid groups (broad SMARTS) is 1. The van der Waals surface area contributed by atoms with E-state index >= 15 is 0 Å². The van der Waals surface area contributed by atoms with Crippen molar-refractivity contribution in [3.05, 3.63) is 28.7 Å². The average molecular weight is 534 g/mol. The van der Waals surface area contributed by atoms with Crippen LogP contribution in [-0.4, -0.2) is 88.6 Å². The van der Waals surface area contributed by atoms with E-state index in [9.17, 15) is 29.5 Å². The zero-order chi connectivity index (χ0) is 25.6. The molecule has 13 nitrogen and oxygen atoms in total. The van der Waals surface area contributed by atoms with Crippen molar-refractivity contribution in [2.45, 2.75) is 49.6 Å². The number of aliphatic carboxylic acids is 1. The summed E-state index contributed by atoms with van der Waals surface area (Å²) < 4.78 is 3.82. The molecule has 4 aliphatic rings. The highest BCUT2D eigenvalue weighted by molar-refractivity contribution is 8.00. The number of rotatable bonds is 6. The molecule has 0 unspecified atom stereocenters. The molecule has 1 saturated carbocycles.